The predicted molar refractivity (Wildman–Crippen MR) is 112 cm³/mol. The van der Waals surface area contributed by atoms with Gasteiger partial charge < -0.3 is 15.4 Å². The molecule has 0 bridgehead atoms. The Bertz CT molecular complexity index is 933. The molecule has 28 heavy (non-hydrogen) atoms. The van der Waals surface area contributed by atoms with Crippen LogP contribution in [0.25, 0.3) is 5.65 Å². The monoisotopic (exact) mass is 378 g/mol. The quantitative estimate of drug-likeness (QED) is 0.259. The number of benzene rings is 1. The number of para-hydroxylation sites is 1. The summed E-state index contributed by atoms with van der Waals surface area (Å²) in [4.78, 5) is 4.28. The lowest BCUT2D eigenvalue weighted by molar-refractivity contribution is 0.358. The summed E-state index contributed by atoms with van der Waals surface area (Å²) in [7, 11) is 1.77. The molecule has 0 unspecified atom stereocenters. The van der Waals surface area contributed by atoms with E-state index in [-0.39, 0.29) is 0 Å². The molecule has 1 aromatic carbocycles. The average Bonchev–Trinajstić information content (AvgIpc) is 3.15. The molecule has 0 fully saturated rings. The molecule has 2 heterocycles. The number of ether oxygens (including phenoxy) is 1. The van der Waals surface area contributed by atoms with Crippen molar-refractivity contribution in [3.05, 3.63) is 72.7 Å². The molecule has 0 saturated carbocycles. The maximum atomic E-state index is 5.69. The second-order valence-electron chi connectivity index (χ2n) is 6.21. The zero-order chi connectivity index (χ0) is 19.6. The van der Waals surface area contributed by atoms with Crippen LogP contribution < -0.4 is 15.4 Å². The molecule has 0 amide bonds. The summed E-state index contributed by atoms with van der Waals surface area (Å²) >= 11 is 0. The van der Waals surface area contributed by atoms with E-state index in [0.717, 1.165) is 48.1 Å². The zero-order valence-corrected chi connectivity index (χ0v) is 16.1. The van der Waals surface area contributed by atoms with Gasteiger partial charge in [0.25, 0.3) is 0 Å². The van der Waals surface area contributed by atoms with Crippen LogP contribution in [0.15, 0.2) is 66.3 Å². The minimum absolute atomic E-state index is 0.487. The smallest absolute Gasteiger partial charge is 0.191 e. The van der Waals surface area contributed by atoms with E-state index in [1.165, 1.54) is 0 Å². The fourth-order valence-corrected chi connectivity index (χ4v) is 2.85. The third-order valence-corrected chi connectivity index (χ3v) is 4.25. The average molecular weight is 378 g/mol. The molecule has 7 heteroatoms. The molecule has 146 valence electrons. The molecule has 2 aromatic heterocycles. The summed E-state index contributed by atoms with van der Waals surface area (Å²) < 4.78 is 7.71. The third-order valence-electron chi connectivity index (χ3n) is 4.25. The maximum Gasteiger partial charge on any atom is 0.191 e. The summed E-state index contributed by atoms with van der Waals surface area (Å²) in [6.45, 7) is 5.59. The Balaban J connectivity index is 1.46. The van der Waals surface area contributed by atoms with E-state index in [9.17, 15) is 0 Å². The lowest BCUT2D eigenvalue weighted by Gasteiger charge is -2.14. The van der Waals surface area contributed by atoms with E-state index in [0.29, 0.717) is 13.2 Å². The van der Waals surface area contributed by atoms with E-state index < -0.39 is 0 Å². The van der Waals surface area contributed by atoms with Gasteiger partial charge in [-0.3, -0.25) is 9.39 Å². The Hall–Kier alpha value is -3.35. The minimum Gasteiger partial charge on any atom is -0.489 e. The van der Waals surface area contributed by atoms with Gasteiger partial charge in [-0.15, -0.1) is 10.2 Å². The number of aryl methyl sites for hydroxylation is 1. The lowest BCUT2D eigenvalue weighted by Crippen LogP contribution is -2.37. The van der Waals surface area contributed by atoms with Crippen LogP contribution in [0.2, 0.25) is 0 Å². The van der Waals surface area contributed by atoms with Crippen molar-refractivity contribution >= 4 is 11.6 Å². The van der Waals surface area contributed by atoms with Gasteiger partial charge in [-0.05, 0) is 24.6 Å². The Morgan fingerprint density at radius 1 is 1.18 bits per heavy atom. The summed E-state index contributed by atoms with van der Waals surface area (Å²) in [6.07, 6.45) is 5.50. The Morgan fingerprint density at radius 2 is 2.04 bits per heavy atom. The third kappa shape index (κ3) is 5.09. The van der Waals surface area contributed by atoms with Crippen molar-refractivity contribution in [2.45, 2.75) is 19.4 Å². The van der Waals surface area contributed by atoms with Gasteiger partial charge in [0.2, 0.25) is 0 Å². The number of rotatable bonds is 9. The minimum atomic E-state index is 0.487. The van der Waals surface area contributed by atoms with Gasteiger partial charge >= 0.3 is 0 Å². The van der Waals surface area contributed by atoms with Gasteiger partial charge in [-0.1, -0.05) is 36.9 Å². The Morgan fingerprint density at radius 3 is 2.89 bits per heavy atom. The second-order valence-corrected chi connectivity index (χ2v) is 6.21. The van der Waals surface area contributed by atoms with Gasteiger partial charge in [0, 0.05) is 38.3 Å². The fourth-order valence-electron chi connectivity index (χ4n) is 2.85. The Kier molecular flexibility index (Phi) is 7.01. The van der Waals surface area contributed by atoms with Crippen LogP contribution in [-0.2, 0) is 13.0 Å². The normalized spacial score (nSPS) is 11.4. The van der Waals surface area contributed by atoms with Crippen molar-refractivity contribution < 1.29 is 4.74 Å². The molecule has 7 nitrogen and oxygen atoms in total. The van der Waals surface area contributed by atoms with E-state index in [1.54, 1.807) is 13.1 Å². The van der Waals surface area contributed by atoms with E-state index in [4.69, 9.17) is 4.74 Å². The molecule has 3 aromatic rings. The number of pyridine rings is 1. The molecule has 3 rings (SSSR count). The Labute approximate surface area is 165 Å². The van der Waals surface area contributed by atoms with Crippen molar-refractivity contribution in [1.29, 1.82) is 0 Å². The molecular formula is C21H26N6O. The van der Waals surface area contributed by atoms with Crippen molar-refractivity contribution in [3.8, 4) is 5.75 Å². The van der Waals surface area contributed by atoms with Gasteiger partial charge in [-0.2, -0.15) is 0 Å². The van der Waals surface area contributed by atoms with Gasteiger partial charge in [-0.25, -0.2) is 0 Å². The molecule has 0 spiro atoms. The number of nitrogens with one attached hydrogen (secondary N) is 2. The summed E-state index contributed by atoms with van der Waals surface area (Å²) in [6, 6.07) is 13.9. The van der Waals surface area contributed by atoms with Crippen LogP contribution in [0, 0.1) is 0 Å². The van der Waals surface area contributed by atoms with Crippen LogP contribution in [0.3, 0.4) is 0 Å². The van der Waals surface area contributed by atoms with Gasteiger partial charge in [0.1, 0.15) is 18.2 Å². The first-order valence-electron chi connectivity index (χ1n) is 9.36. The van der Waals surface area contributed by atoms with Crippen LogP contribution >= 0.6 is 0 Å². The molecule has 0 aliphatic carbocycles. The number of guanidine groups is 1. The largest absolute Gasteiger partial charge is 0.489 e. The number of hydrogen-bond donors (Lipinski definition) is 2. The lowest BCUT2D eigenvalue weighted by atomic mass is 10.2. The van der Waals surface area contributed by atoms with Gasteiger partial charge in [0.05, 0.1) is 0 Å². The number of fused-ring (bicyclic) bond motifs is 1. The van der Waals surface area contributed by atoms with Crippen molar-refractivity contribution in [2.75, 3.05) is 20.2 Å². The molecule has 0 aliphatic rings. The molecule has 0 radical (unpaired) electrons. The van der Waals surface area contributed by atoms with Crippen molar-refractivity contribution in [2.24, 2.45) is 4.99 Å². The topological polar surface area (TPSA) is 75.8 Å². The summed E-state index contributed by atoms with van der Waals surface area (Å²) in [5, 5.41) is 15.1. The summed E-state index contributed by atoms with van der Waals surface area (Å²) in [5.41, 5.74) is 1.95. The van der Waals surface area contributed by atoms with Gasteiger partial charge in [0.15, 0.2) is 11.6 Å². The molecule has 2 N–H and O–H groups in total. The maximum absolute atomic E-state index is 5.69. The first-order valence-corrected chi connectivity index (χ1v) is 9.36. The molecule has 0 aliphatic heterocycles. The highest BCUT2D eigenvalue weighted by atomic mass is 16.5. The highest BCUT2D eigenvalue weighted by Crippen LogP contribution is 2.17. The second kappa shape index (κ2) is 10.1. The zero-order valence-electron chi connectivity index (χ0n) is 16.1. The molecule has 0 saturated heterocycles. The van der Waals surface area contributed by atoms with Crippen molar-refractivity contribution in [3.63, 3.8) is 0 Å². The van der Waals surface area contributed by atoms with Crippen LogP contribution in [0.1, 0.15) is 17.8 Å². The molecular weight excluding hydrogens is 352 g/mol. The van der Waals surface area contributed by atoms with Crippen LogP contribution in [0.4, 0.5) is 0 Å². The first kappa shape index (κ1) is 19.4. The number of nitrogens with zero attached hydrogens (tertiary/aromatic N) is 4. The van der Waals surface area contributed by atoms with Crippen LogP contribution in [-0.4, -0.2) is 40.8 Å². The van der Waals surface area contributed by atoms with Crippen molar-refractivity contribution in [1.82, 2.24) is 25.2 Å². The number of aliphatic imine (C=N–C) groups is 1. The highest BCUT2D eigenvalue weighted by Gasteiger charge is 2.06. The van der Waals surface area contributed by atoms with Crippen LogP contribution in [0.5, 0.6) is 5.75 Å². The van der Waals surface area contributed by atoms with E-state index >= 15 is 0 Å². The van der Waals surface area contributed by atoms with E-state index in [1.807, 2.05) is 53.1 Å². The SMILES string of the molecule is C=CCOc1ccccc1CNC(=NC)NCCCc1nnc2ccccn12. The fraction of sp³-hybridized carbons (Fsp3) is 0.286. The predicted octanol–water partition coefficient (Wildman–Crippen LogP) is 2.59. The standard InChI is InChI=1S/C21H26N6O/c1-3-15-28-18-10-5-4-9-17(18)16-24-21(22-2)23-13-8-12-20-26-25-19-11-6-7-14-27(19)20/h3-7,9-11,14H,1,8,12-13,15-16H2,2H3,(H2,22,23,24). The highest BCUT2D eigenvalue weighted by molar-refractivity contribution is 5.79. The first-order chi connectivity index (χ1) is 13.8. The number of hydrogen-bond acceptors (Lipinski definition) is 4. The molecule has 0 atom stereocenters. The number of aromatic nitrogens is 3. The van der Waals surface area contributed by atoms with E-state index in [2.05, 4.69) is 32.4 Å². The summed E-state index contributed by atoms with van der Waals surface area (Å²) in [5.74, 6) is 2.57.